The topological polar surface area (TPSA) is 21.7 Å². The highest BCUT2D eigenvalue weighted by molar-refractivity contribution is 5.45. The first kappa shape index (κ1) is 7.98. The van der Waals surface area contributed by atoms with Gasteiger partial charge in [0.15, 0.2) is 5.69 Å². The molecular weight excluding hydrogens is 162 g/mol. The monoisotopic (exact) mass is 174 g/mol. The van der Waals surface area contributed by atoms with Crippen molar-refractivity contribution in [2.45, 2.75) is 0 Å². The van der Waals surface area contributed by atoms with Crippen LogP contribution in [0.25, 0.3) is 11.5 Å². The van der Waals surface area contributed by atoms with E-state index in [1.807, 2.05) is 50.9 Å². The second-order valence-corrected chi connectivity index (χ2v) is 3.06. The molecule has 0 aliphatic rings. The summed E-state index contributed by atoms with van der Waals surface area (Å²) in [6.45, 7) is 0. The fraction of sp³-hybridized carbons (Fsp3) is 0.200. The van der Waals surface area contributed by atoms with E-state index in [0.717, 1.165) is 11.5 Å². The number of rotatable bonds is 1. The molecule has 2 heterocycles. The molecule has 0 radical (unpaired) electrons. The van der Waals surface area contributed by atoms with Gasteiger partial charge in [-0.05, 0) is 12.1 Å². The minimum Gasteiger partial charge on any atom is -0.248 e. The molecule has 3 nitrogen and oxygen atoms in total. The number of hydrogen-bond donors (Lipinski definition) is 0. The van der Waals surface area contributed by atoms with Crippen molar-refractivity contribution >= 4 is 0 Å². The second kappa shape index (κ2) is 3.01. The Hall–Kier alpha value is -1.64. The smallest absolute Gasteiger partial charge is 0.248 e. The summed E-state index contributed by atoms with van der Waals surface area (Å²) in [5.41, 5.74) is 0.998. The van der Waals surface area contributed by atoms with Crippen LogP contribution in [-0.4, -0.2) is 9.55 Å². The van der Waals surface area contributed by atoms with Crippen LogP contribution >= 0.6 is 0 Å². The lowest BCUT2D eigenvalue weighted by Gasteiger charge is -1.96. The molecule has 0 unspecified atom stereocenters. The molecule has 0 spiro atoms. The average molecular weight is 174 g/mol. The van der Waals surface area contributed by atoms with E-state index in [0.29, 0.717) is 0 Å². The number of imidazole rings is 1. The van der Waals surface area contributed by atoms with E-state index in [2.05, 4.69) is 14.1 Å². The molecule has 0 amide bonds. The summed E-state index contributed by atoms with van der Waals surface area (Å²) in [6, 6.07) is 5.93. The summed E-state index contributed by atoms with van der Waals surface area (Å²) in [5, 5.41) is 0. The van der Waals surface area contributed by atoms with E-state index in [9.17, 15) is 0 Å². The molecule has 2 aromatic rings. The van der Waals surface area contributed by atoms with Crippen LogP contribution in [0.5, 0.6) is 0 Å². The third kappa shape index (κ3) is 1.33. The third-order valence-electron chi connectivity index (χ3n) is 2.08. The van der Waals surface area contributed by atoms with Crippen LogP contribution < -0.4 is 4.57 Å². The van der Waals surface area contributed by atoms with E-state index in [1.165, 1.54) is 0 Å². The summed E-state index contributed by atoms with van der Waals surface area (Å²) >= 11 is 0. The molecule has 0 saturated heterocycles. The van der Waals surface area contributed by atoms with Gasteiger partial charge < -0.3 is 0 Å². The molecule has 0 aromatic carbocycles. The van der Waals surface area contributed by atoms with Crippen molar-refractivity contribution in [1.82, 2.24) is 9.55 Å². The maximum atomic E-state index is 4.30. The lowest BCUT2D eigenvalue weighted by Crippen LogP contribution is -2.29. The van der Waals surface area contributed by atoms with Crippen LogP contribution in [0.2, 0.25) is 0 Å². The lowest BCUT2D eigenvalue weighted by atomic mass is 10.3. The predicted molar refractivity (Wildman–Crippen MR) is 49.8 cm³/mol. The highest BCUT2D eigenvalue weighted by atomic mass is 15.1. The van der Waals surface area contributed by atoms with Gasteiger partial charge in [-0.25, -0.2) is 14.1 Å². The van der Waals surface area contributed by atoms with Crippen LogP contribution in [0.4, 0.5) is 0 Å². The second-order valence-electron chi connectivity index (χ2n) is 3.06. The Labute approximate surface area is 77.3 Å². The highest BCUT2D eigenvalue weighted by Crippen LogP contribution is 2.09. The van der Waals surface area contributed by atoms with Crippen LogP contribution in [0, 0.1) is 0 Å². The Morgan fingerprint density at radius 1 is 1.38 bits per heavy atom. The van der Waals surface area contributed by atoms with Crippen molar-refractivity contribution in [2.24, 2.45) is 14.1 Å². The standard InChI is InChI=1S/C10H12N3/c1-12-7-8-13(2)10(12)9-5-3-4-6-11-9/h3-8H,1-2H3/q+1. The molecular formula is C10H12N3+. The van der Waals surface area contributed by atoms with Crippen LogP contribution in [0.1, 0.15) is 0 Å². The van der Waals surface area contributed by atoms with E-state index >= 15 is 0 Å². The van der Waals surface area contributed by atoms with E-state index < -0.39 is 0 Å². The zero-order chi connectivity index (χ0) is 9.26. The molecule has 0 atom stereocenters. The summed E-state index contributed by atoms with van der Waals surface area (Å²) in [4.78, 5) is 4.30. The number of aromatic nitrogens is 3. The van der Waals surface area contributed by atoms with Gasteiger partial charge in [-0.15, -0.1) is 0 Å². The fourth-order valence-electron chi connectivity index (χ4n) is 1.45. The summed E-state index contributed by atoms with van der Waals surface area (Å²) in [6.07, 6.45) is 5.84. The maximum absolute atomic E-state index is 4.30. The Morgan fingerprint density at radius 3 is 2.77 bits per heavy atom. The van der Waals surface area contributed by atoms with Gasteiger partial charge in [-0.2, -0.15) is 0 Å². The molecule has 66 valence electrons. The summed E-state index contributed by atoms with van der Waals surface area (Å²) in [5.74, 6) is 1.11. The van der Waals surface area contributed by atoms with Crippen molar-refractivity contribution in [3.63, 3.8) is 0 Å². The number of pyridine rings is 1. The maximum Gasteiger partial charge on any atom is 0.307 e. The quantitative estimate of drug-likeness (QED) is 0.589. The molecule has 0 N–H and O–H groups in total. The van der Waals surface area contributed by atoms with Crippen LogP contribution in [0.3, 0.4) is 0 Å². The SMILES string of the molecule is Cn1cc[n+](C)c1-c1ccccn1. The van der Waals surface area contributed by atoms with E-state index in [1.54, 1.807) is 0 Å². The van der Waals surface area contributed by atoms with Crippen molar-refractivity contribution in [3.8, 4) is 11.5 Å². The minimum absolute atomic E-state index is 0.998. The van der Waals surface area contributed by atoms with Gasteiger partial charge >= 0.3 is 5.82 Å². The van der Waals surface area contributed by atoms with Gasteiger partial charge in [0, 0.05) is 6.20 Å². The number of aryl methyl sites for hydroxylation is 2. The fourth-order valence-corrected chi connectivity index (χ4v) is 1.45. The number of nitrogens with zero attached hydrogens (tertiary/aromatic N) is 3. The average Bonchev–Trinajstić information content (AvgIpc) is 2.48. The van der Waals surface area contributed by atoms with Gasteiger partial charge in [0.1, 0.15) is 12.4 Å². The normalized spacial score (nSPS) is 10.3. The minimum atomic E-state index is 0.998. The molecule has 2 rings (SSSR count). The molecule has 0 aliphatic carbocycles. The van der Waals surface area contributed by atoms with E-state index in [-0.39, 0.29) is 0 Å². The molecule has 3 heteroatoms. The van der Waals surface area contributed by atoms with Crippen molar-refractivity contribution < 1.29 is 4.57 Å². The Morgan fingerprint density at radius 2 is 2.23 bits per heavy atom. The van der Waals surface area contributed by atoms with Crippen LogP contribution in [0.15, 0.2) is 36.8 Å². The summed E-state index contributed by atoms with van der Waals surface area (Å²) < 4.78 is 4.12. The first-order valence-corrected chi connectivity index (χ1v) is 4.21. The zero-order valence-corrected chi connectivity index (χ0v) is 7.81. The molecule has 0 fully saturated rings. The molecule has 0 saturated carbocycles. The lowest BCUT2D eigenvalue weighted by molar-refractivity contribution is -0.659. The largest absolute Gasteiger partial charge is 0.307 e. The molecule has 13 heavy (non-hydrogen) atoms. The van der Waals surface area contributed by atoms with Gasteiger partial charge in [0.25, 0.3) is 0 Å². The molecule has 2 aromatic heterocycles. The Bertz CT molecular complexity index is 384. The van der Waals surface area contributed by atoms with Gasteiger partial charge in [-0.3, -0.25) is 0 Å². The van der Waals surface area contributed by atoms with Gasteiger partial charge in [0.05, 0.1) is 14.1 Å². The number of hydrogen-bond acceptors (Lipinski definition) is 1. The first-order chi connectivity index (χ1) is 6.29. The summed E-state index contributed by atoms with van der Waals surface area (Å²) in [7, 11) is 4.04. The molecule has 0 aliphatic heterocycles. The van der Waals surface area contributed by atoms with Crippen molar-refractivity contribution in [3.05, 3.63) is 36.8 Å². The third-order valence-corrected chi connectivity index (χ3v) is 2.08. The molecule has 0 bridgehead atoms. The van der Waals surface area contributed by atoms with E-state index in [4.69, 9.17) is 0 Å². The Kier molecular flexibility index (Phi) is 1.85. The highest BCUT2D eigenvalue weighted by Gasteiger charge is 2.14. The Balaban J connectivity index is 2.59. The van der Waals surface area contributed by atoms with Crippen LogP contribution in [-0.2, 0) is 14.1 Å². The first-order valence-electron chi connectivity index (χ1n) is 4.21. The zero-order valence-electron chi connectivity index (χ0n) is 7.81. The van der Waals surface area contributed by atoms with Crippen molar-refractivity contribution in [1.29, 1.82) is 0 Å². The van der Waals surface area contributed by atoms with Gasteiger partial charge in [0.2, 0.25) is 0 Å². The van der Waals surface area contributed by atoms with Crippen molar-refractivity contribution in [2.75, 3.05) is 0 Å². The van der Waals surface area contributed by atoms with Gasteiger partial charge in [-0.1, -0.05) is 6.07 Å². The predicted octanol–water partition coefficient (Wildman–Crippen LogP) is 0.912.